The second-order valence-electron chi connectivity index (χ2n) is 4.15. The fourth-order valence-electron chi connectivity index (χ4n) is 1.84. The first-order valence-electron chi connectivity index (χ1n) is 5.71. The van der Waals surface area contributed by atoms with Gasteiger partial charge in [-0.25, -0.2) is 0 Å². The summed E-state index contributed by atoms with van der Waals surface area (Å²) >= 11 is 11.9. The van der Waals surface area contributed by atoms with Gasteiger partial charge >= 0.3 is 6.36 Å². The number of rotatable bonds is 3. The number of nitriles is 1. The summed E-state index contributed by atoms with van der Waals surface area (Å²) in [5, 5.41) is 14.8. The maximum Gasteiger partial charge on any atom is 0.573 e. The minimum absolute atomic E-state index is 0.0563. The number of aromatic amines is 1. The number of hydrogen-bond donors (Lipinski definition) is 1. The lowest BCUT2D eigenvalue weighted by Gasteiger charge is -2.12. The Morgan fingerprint density at radius 2 is 1.91 bits per heavy atom. The van der Waals surface area contributed by atoms with E-state index in [1.54, 1.807) is 6.07 Å². The smallest absolute Gasteiger partial charge is 0.406 e. The lowest BCUT2D eigenvalue weighted by Crippen LogP contribution is -2.17. The van der Waals surface area contributed by atoms with E-state index in [2.05, 4.69) is 14.9 Å². The van der Waals surface area contributed by atoms with Crippen LogP contribution in [0.15, 0.2) is 17.0 Å². The van der Waals surface area contributed by atoms with E-state index in [0.717, 1.165) is 12.1 Å². The van der Waals surface area contributed by atoms with Crippen LogP contribution >= 0.6 is 23.2 Å². The molecule has 0 bridgehead atoms. The number of ether oxygens (including phenoxy) is 1. The van der Waals surface area contributed by atoms with Crippen LogP contribution in [0.25, 0.3) is 11.3 Å². The van der Waals surface area contributed by atoms with Gasteiger partial charge in [-0.15, -0.1) is 13.2 Å². The number of benzene rings is 1. The highest BCUT2D eigenvalue weighted by Crippen LogP contribution is 2.40. The first-order chi connectivity index (χ1) is 10.6. The maximum absolute atomic E-state index is 12.2. The molecule has 1 aromatic heterocycles. The van der Waals surface area contributed by atoms with Gasteiger partial charge in [-0.05, 0) is 12.1 Å². The molecule has 122 valence electrons. The molecule has 0 aliphatic heterocycles. The number of hydrogen-bond acceptors (Lipinski definition) is 4. The van der Waals surface area contributed by atoms with Crippen LogP contribution in [0, 0.1) is 11.3 Å². The summed E-state index contributed by atoms with van der Waals surface area (Å²) < 4.78 is 52.3. The quantitative estimate of drug-likeness (QED) is 0.871. The average Bonchev–Trinajstić information content (AvgIpc) is 2.79. The molecule has 1 heterocycles. The van der Waals surface area contributed by atoms with Gasteiger partial charge in [-0.1, -0.05) is 23.2 Å². The summed E-state index contributed by atoms with van der Waals surface area (Å²) in [5.74, 6) is -0.601. The van der Waals surface area contributed by atoms with Gasteiger partial charge in [0, 0.05) is 11.8 Å². The third-order valence-electron chi connectivity index (χ3n) is 2.61. The van der Waals surface area contributed by atoms with Crippen LogP contribution in [0.2, 0.25) is 10.0 Å². The molecular weight excluding hydrogens is 378 g/mol. The summed E-state index contributed by atoms with van der Waals surface area (Å²) in [5.41, 5.74) is 0.0431. The Labute approximate surface area is 140 Å². The van der Waals surface area contributed by atoms with Gasteiger partial charge in [0.2, 0.25) is 0 Å². The Kier molecular flexibility index (Phi) is 4.89. The summed E-state index contributed by atoms with van der Waals surface area (Å²) in [7, 11) is -1.60. The van der Waals surface area contributed by atoms with Crippen molar-refractivity contribution in [1.29, 1.82) is 5.26 Å². The molecule has 0 saturated carbocycles. The van der Waals surface area contributed by atoms with Crippen molar-refractivity contribution in [2.24, 2.45) is 0 Å². The molecule has 1 aromatic carbocycles. The molecule has 0 aliphatic carbocycles. The Balaban J connectivity index is 2.61. The Bertz CT molecular complexity index is 807. The highest BCUT2D eigenvalue weighted by molar-refractivity contribution is 7.84. The number of halogens is 5. The summed E-state index contributed by atoms with van der Waals surface area (Å²) in [6.45, 7) is 0. The third kappa shape index (κ3) is 3.77. The highest BCUT2D eigenvalue weighted by atomic mass is 35.5. The molecule has 2 rings (SSSR count). The van der Waals surface area contributed by atoms with Crippen molar-refractivity contribution in [3.63, 3.8) is 0 Å². The first-order valence-corrected chi connectivity index (χ1v) is 8.02. The van der Waals surface area contributed by atoms with E-state index in [0.29, 0.717) is 0 Å². The Morgan fingerprint density at radius 3 is 2.35 bits per heavy atom. The van der Waals surface area contributed by atoms with Crippen molar-refractivity contribution < 1.29 is 22.1 Å². The topological polar surface area (TPSA) is 78.8 Å². The van der Waals surface area contributed by atoms with Gasteiger partial charge in [0.25, 0.3) is 0 Å². The first kappa shape index (κ1) is 17.6. The number of nitrogens with zero attached hydrogens (tertiary/aromatic N) is 2. The molecule has 0 saturated heterocycles. The standard InChI is InChI=1S/C12H6Cl2F3N3O2S/c1-23(21)11-8(4-18)19-20-10(11)9-6(13)2-5(3-7(9)14)22-12(15,16)17/h2-3H,1H3,(H,19,20). The number of alkyl halides is 3. The number of aromatic nitrogens is 2. The summed E-state index contributed by atoms with van der Waals surface area (Å²) in [4.78, 5) is 0.0563. The van der Waals surface area contributed by atoms with E-state index >= 15 is 0 Å². The molecule has 1 atom stereocenters. The normalized spacial score (nSPS) is 12.7. The average molecular weight is 384 g/mol. The van der Waals surface area contributed by atoms with Crippen LogP contribution in [-0.4, -0.2) is 27.0 Å². The van der Waals surface area contributed by atoms with Crippen molar-refractivity contribution in [2.75, 3.05) is 6.26 Å². The maximum atomic E-state index is 12.2. The summed E-state index contributed by atoms with van der Waals surface area (Å²) in [6, 6.07) is 3.57. The monoisotopic (exact) mass is 383 g/mol. The lowest BCUT2D eigenvalue weighted by molar-refractivity contribution is -0.274. The van der Waals surface area contributed by atoms with E-state index < -0.39 is 22.9 Å². The number of H-pyrrole nitrogens is 1. The fourth-order valence-corrected chi connectivity index (χ4v) is 3.29. The van der Waals surface area contributed by atoms with Gasteiger partial charge in [0.05, 0.1) is 26.5 Å². The molecule has 0 spiro atoms. The Hall–Kier alpha value is -1.76. The molecule has 2 aromatic rings. The third-order valence-corrected chi connectivity index (χ3v) is 4.18. The van der Waals surface area contributed by atoms with E-state index in [1.165, 1.54) is 6.26 Å². The van der Waals surface area contributed by atoms with E-state index in [4.69, 9.17) is 28.5 Å². The van der Waals surface area contributed by atoms with Crippen LogP contribution in [0.1, 0.15) is 5.69 Å². The molecule has 0 aliphatic rings. The second kappa shape index (κ2) is 6.39. The van der Waals surface area contributed by atoms with E-state index in [1.807, 2.05) is 0 Å². The highest BCUT2D eigenvalue weighted by Gasteiger charge is 2.32. The van der Waals surface area contributed by atoms with E-state index in [-0.39, 0.29) is 31.9 Å². The molecule has 11 heteroatoms. The SMILES string of the molecule is CS(=O)c1c(C#N)n[nH]c1-c1c(Cl)cc(OC(F)(F)F)cc1Cl. The molecule has 0 fully saturated rings. The van der Waals surface area contributed by atoms with Crippen molar-refractivity contribution in [3.05, 3.63) is 27.9 Å². The van der Waals surface area contributed by atoms with Gasteiger partial charge in [-0.2, -0.15) is 10.4 Å². The molecule has 0 amide bonds. The van der Waals surface area contributed by atoms with E-state index in [9.17, 15) is 17.4 Å². The van der Waals surface area contributed by atoms with Crippen LogP contribution < -0.4 is 4.74 Å². The van der Waals surface area contributed by atoms with Gasteiger partial charge in [0.1, 0.15) is 16.7 Å². The van der Waals surface area contributed by atoms with Gasteiger partial charge in [0.15, 0.2) is 5.69 Å². The van der Waals surface area contributed by atoms with Crippen molar-refractivity contribution in [1.82, 2.24) is 10.2 Å². The molecular formula is C12H6Cl2F3N3O2S. The van der Waals surface area contributed by atoms with Crippen LogP contribution in [-0.2, 0) is 10.8 Å². The zero-order valence-electron chi connectivity index (χ0n) is 11.2. The molecule has 1 unspecified atom stereocenters. The van der Waals surface area contributed by atoms with Crippen molar-refractivity contribution in [2.45, 2.75) is 11.3 Å². The number of nitrogens with one attached hydrogen (secondary N) is 1. The molecule has 23 heavy (non-hydrogen) atoms. The lowest BCUT2D eigenvalue weighted by atomic mass is 10.1. The van der Waals surface area contributed by atoms with Crippen molar-refractivity contribution >= 4 is 34.0 Å². The minimum Gasteiger partial charge on any atom is -0.406 e. The minimum atomic E-state index is -4.90. The molecule has 0 radical (unpaired) electrons. The largest absolute Gasteiger partial charge is 0.573 e. The predicted octanol–water partition coefficient (Wildman–Crippen LogP) is 3.89. The predicted molar refractivity (Wildman–Crippen MR) is 77.8 cm³/mol. The zero-order chi connectivity index (χ0) is 17.4. The summed E-state index contributed by atoms with van der Waals surface area (Å²) in [6.07, 6.45) is -3.58. The van der Waals surface area contributed by atoms with Gasteiger partial charge in [-0.3, -0.25) is 9.31 Å². The molecule has 5 nitrogen and oxygen atoms in total. The fraction of sp³-hybridized carbons (Fsp3) is 0.167. The van der Waals surface area contributed by atoms with Crippen molar-refractivity contribution in [3.8, 4) is 23.1 Å². The van der Waals surface area contributed by atoms with Gasteiger partial charge < -0.3 is 4.74 Å². The van der Waals surface area contributed by atoms with Crippen LogP contribution in [0.3, 0.4) is 0 Å². The van der Waals surface area contributed by atoms with Crippen LogP contribution in [0.4, 0.5) is 13.2 Å². The Morgan fingerprint density at radius 1 is 1.35 bits per heavy atom. The molecule has 1 N–H and O–H groups in total. The van der Waals surface area contributed by atoms with Crippen LogP contribution in [0.5, 0.6) is 5.75 Å². The zero-order valence-corrected chi connectivity index (χ0v) is 13.5. The second-order valence-corrected chi connectivity index (χ2v) is 6.28.